The molecule has 2 heterocycles. The van der Waals surface area contributed by atoms with Gasteiger partial charge in [0.2, 0.25) is 0 Å². The highest BCUT2D eigenvalue weighted by molar-refractivity contribution is 9.10. The molecular weight excluding hydrogens is 350 g/mol. The lowest BCUT2D eigenvalue weighted by Gasteiger charge is -2.05. The Morgan fingerprint density at radius 3 is 2.73 bits per heavy atom. The van der Waals surface area contributed by atoms with E-state index in [-0.39, 0.29) is 18.2 Å². The average Bonchev–Trinajstić information content (AvgIpc) is 3.14. The Bertz CT molecular complexity index is 794. The summed E-state index contributed by atoms with van der Waals surface area (Å²) in [6, 6.07) is 11.0. The van der Waals surface area contributed by atoms with Gasteiger partial charge < -0.3 is 9.73 Å². The predicted molar refractivity (Wildman–Crippen MR) is 81.5 cm³/mol. The number of rotatable bonds is 4. The van der Waals surface area contributed by atoms with Crippen molar-refractivity contribution in [1.29, 1.82) is 0 Å². The van der Waals surface area contributed by atoms with Crippen molar-refractivity contribution in [2.45, 2.75) is 13.5 Å². The lowest BCUT2D eigenvalue weighted by molar-refractivity contribution is 0.0920. The molecule has 3 aromatic rings. The standard InChI is InChI=1S/C14H12BrN5O2/c1-9-2-4-10(5-3-9)20-13(17-18-19-20)8-16-14(21)11-6-7-12(15)22-11/h2-7H,8H2,1H3,(H,16,21). The summed E-state index contributed by atoms with van der Waals surface area (Å²) in [5.74, 6) is 0.424. The van der Waals surface area contributed by atoms with Crippen LogP contribution in [0.1, 0.15) is 21.9 Å². The first-order valence-corrected chi connectivity index (χ1v) is 7.30. The van der Waals surface area contributed by atoms with Crippen molar-refractivity contribution in [3.05, 3.63) is 58.2 Å². The predicted octanol–water partition coefficient (Wildman–Crippen LogP) is 2.26. The molecule has 0 aliphatic heterocycles. The number of hydrogen-bond donors (Lipinski definition) is 1. The van der Waals surface area contributed by atoms with E-state index in [9.17, 15) is 4.79 Å². The van der Waals surface area contributed by atoms with Crippen molar-refractivity contribution in [2.24, 2.45) is 0 Å². The first kappa shape index (κ1) is 14.5. The molecule has 0 aliphatic rings. The maximum absolute atomic E-state index is 11.9. The van der Waals surface area contributed by atoms with Gasteiger partial charge >= 0.3 is 0 Å². The van der Waals surface area contributed by atoms with Crippen LogP contribution in [0.15, 0.2) is 45.5 Å². The van der Waals surface area contributed by atoms with E-state index in [1.807, 2.05) is 31.2 Å². The summed E-state index contributed by atoms with van der Waals surface area (Å²) in [6.45, 7) is 2.20. The normalized spacial score (nSPS) is 10.6. The van der Waals surface area contributed by atoms with Crippen LogP contribution in [0.2, 0.25) is 0 Å². The fourth-order valence-electron chi connectivity index (χ4n) is 1.89. The fourth-order valence-corrected chi connectivity index (χ4v) is 2.19. The van der Waals surface area contributed by atoms with Crippen molar-refractivity contribution >= 4 is 21.8 Å². The molecule has 3 rings (SSSR count). The summed E-state index contributed by atoms with van der Waals surface area (Å²) >= 11 is 3.16. The number of benzene rings is 1. The zero-order valence-electron chi connectivity index (χ0n) is 11.7. The second-order valence-corrected chi connectivity index (χ2v) is 5.41. The van der Waals surface area contributed by atoms with Crippen LogP contribution < -0.4 is 5.32 Å². The van der Waals surface area contributed by atoms with Crippen molar-refractivity contribution < 1.29 is 9.21 Å². The topological polar surface area (TPSA) is 85.8 Å². The van der Waals surface area contributed by atoms with Gasteiger partial charge in [0.15, 0.2) is 16.3 Å². The number of tetrazole rings is 1. The molecule has 1 N–H and O–H groups in total. The van der Waals surface area contributed by atoms with E-state index < -0.39 is 0 Å². The molecule has 0 saturated heterocycles. The number of nitrogens with one attached hydrogen (secondary N) is 1. The molecule has 0 atom stereocenters. The molecule has 0 bridgehead atoms. The number of aromatic nitrogens is 4. The molecule has 22 heavy (non-hydrogen) atoms. The Morgan fingerprint density at radius 2 is 2.05 bits per heavy atom. The molecule has 0 unspecified atom stereocenters. The summed E-state index contributed by atoms with van der Waals surface area (Å²) in [6.07, 6.45) is 0. The number of carbonyl (C=O) groups is 1. The summed E-state index contributed by atoms with van der Waals surface area (Å²) < 4.78 is 7.27. The van der Waals surface area contributed by atoms with Gasteiger partial charge in [0.05, 0.1) is 12.2 Å². The lowest BCUT2D eigenvalue weighted by atomic mass is 10.2. The van der Waals surface area contributed by atoms with Crippen LogP contribution >= 0.6 is 15.9 Å². The SMILES string of the molecule is Cc1ccc(-n2nnnc2CNC(=O)c2ccc(Br)o2)cc1. The lowest BCUT2D eigenvalue weighted by Crippen LogP contribution is -2.24. The summed E-state index contributed by atoms with van der Waals surface area (Å²) in [5.41, 5.74) is 1.98. The zero-order chi connectivity index (χ0) is 15.5. The Morgan fingerprint density at radius 1 is 1.27 bits per heavy atom. The van der Waals surface area contributed by atoms with Gasteiger partial charge in [0.25, 0.3) is 5.91 Å². The fraction of sp³-hybridized carbons (Fsp3) is 0.143. The first-order valence-electron chi connectivity index (χ1n) is 6.51. The van der Waals surface area contributed by atoms with Crippen molar-refractivity contribution in [3.63, 3.8) is 0 Å². The molecule has 0 saturated carbocycles. The van der Waals surface area contributed by atoms with Gasteiger partial charge in [-0.1, -0.05) is 17.7 Å². The van der Waals surface area contributed by atoms with Gasteiger partial charge in [-0.2, -0.15) is 4.68 Å². The molecule has 7 nitrogen and oxygen atoms in total. The Balaban J connectivity index is 1.73. The highest BCUT2D eigenvalue weighted by atomic mass is 79.9. The minimum Gasteiger partial charge on any atom is -0.444 e. The molecule has 8 heteroatoms. The van der Waals surface area contributed by atoms with Gasteiger partial charge in [-0.15, -0.1) is 5.10 Å². The smallest absolute Gasteiger partial charge is 0.287 e. The van der Waals surface area contributed by atoms with E-state index >= 15 is 0 Å². The Hall–Kier alpha value is -2.48. The Kier molecular flexibility index (Phi) is 4.01. The van der Waals surface area contributed by atoms with E-state index in [1.165, 1.54) is 0 Å². The molecule has 0 spiro atoms. The molecule has 112 valence electrons. The van der Waals surface area contributed by atoms with E-state index in [2.05, 4.69) is 36.8 Å². The second-order valence-electron chi connectivity index (χ2n) is 4.63. The number of amides is 1. The van der Waals surface area contributed by atoms with Crippen LogP contribution in [-0.2, 0) is 6.54 Å². The van der Waals surface area contributed by atoms with Crippen LogP contribution in [0, 0.1) is 6.92 Å². The molecule has 0 fully saturated rings. The largest absolute Gasteiger partial charge is 0.444 e. The summed E-state index contributed by atoms with van der Waals surface area (Å²) in [5, 5.41) is 14.3. The van der Waals surface area contributed by atoms with E-state index in [1.54, 1.807) is 16.8 Å². The van der Waals surface area contributed by atoms with Crippen LogP contribution in [0.4, 0.5) is 0 Å². The van der Waals surface area contributed by atoms with Crippen LogP contribution in [-0.4, -0.2) is 26.1 Å². The third-order valence-corrected chi connectivity index (χ3v) is 3.44. The van der Waals surface area contributed by atoms with Gasteiger partial charge in [-0.3, -0.25) is 4.79 Å². The van der Waals surface area contributed by atoms with Gasteiger partial charge in [0.1, 0.15) is 0 Å². The molecule has 0 radical (unpaired) electrons. The maximum atomic E-state index is 11.9. The monoisotopic (exact) mass is 361 g/mol. The second kappa shape index (κ2) is 6.10. The summed E-state index contributed by atoms with van der Waals surface area (Å²) in [7, 11) is 0. The number of aryl methyl sites for hydroxylation is 1. The van der Waals surface area contributed by atoms with E-state index in [0.29, 0.717) is 10.5 Å². The highest BCUT2D eigenvalue weighted by Gasteiger charge is 2.13. The van der Waals surface area contributed by atoms with Crippen molar-refractivity contribution in [1.82, 2.24) is 25.5 Å². The quantitative estimate of drug-likeness (QED) is 0.770. The first-order chi connectivity index (χ1) is 10.6. The maximum Gasteiger partial charge on any atom is 0.287 e. The third-order valence-electron chi connectivity index (χ3n) is 3.02. The summed E-state index contributed by atoms with van der Waals surface area (Å²) in [4.78, 5) is 11.9. The number of hydrogen-bond acceptors (Lipinski definition) is 5. The van der Waals surface area contributed by atoms with Gasteiger partial charge in [0, 0.05) is 0 Å². The molecule has 2 aromatic heterocycles. The van der Waals surface area contributed by atoms with E-state index in [4.69, 9.17) is 4.42 Å². The molecule has 1 amide bonds. The van der Waals surface area contributed by atoms with E-state index in [0.717, 1.165) is 11.3 Å². The van der Waals surface area contributed by atoms with Crippen LogP contribution in [0.3, 0.4) is 0 Å². The zero-order valence-corrected chi connectivity index (χ0v) is 13.2. The minimum atomic E-state index is -0.329. The average molecular weight is 362 g/mol. The van der Waals surface area contributed by atoms with Crippen molar-refractivity contribution in [3.8, 4) is 5.69 Å². The number of carbonyl (C=O) groups excluding carboxylic acids is 1. The van der Waals surface area contributed by atoms with Crippen LogP contribution in [0.5, 0.6) is 0 Å². The molecule has 1 aromatic carbocycles. The highest BCUT2D eigenvalue weighted by Crippen LogP contribution is 2.14. The Labute approximate surface area is 134 Å². The number of halogens is 1. The molecular formula is C14H12BrN5O2. The number of nitrogens with zero attached hydrogens (tertiary/aromatic N) is 4. The third kappa shape index (κ3) is 3.06. The van der Waals surface area contributed by atoms with Gasteiger partial charge in [-0.05, 0) is 57.5 Å². The van der Waals surface area contributed by atoms with Crippen LogP contribution in [0.25, 0.3) is 5.69 Å². The molecule has 0 aliphatic carbocycles. The number of furan rings is 1. The van der Waals surface area contributed by atoms with Gasteiger partial charge in [-0.25, -0.2) is 0 Å². The minimum absolute atomic E-state index is 0.192. The van der Waals surface area contributed by atoms with Crippen molar-refractivity contribution in [2.75, 3.05) is 0 Å².